The Morgan fingerprint density at radius 1 is 1.23 bits per heavy atom. The van der Waals surface area contributed by atoms with Gasteiger partial charge in [0.15, 0.2) is 0 Å². The fourth-order valence-corrected chi connectivity index (χ4v) is 3.63. The van der Waals surface area contributed by atoms with Crippen molar-refractivity contribution in [2.45, 2.75) is 32.4 Å². The first-order valence-corrected chi connectivity index (χ1v) is 9.89. The molecular formula is C22H23ClN2O5. The summed E-state index contributed by atoms with van der Waals surface area (Å²) >= 11 is 6.44. The van der Waals surface area contributed by atoms with Gasteiger partial charge in [0.25, 0.3) is 0 Å². The molecule has 1 heterocycles. The second-order valence-electron chi connectivity index (χ2n) is 7.13. The molecule has 0 aromatic heterocycles. The number of rotatable bonds is 6. The fourth-order valence-electron chi connectivity index (χ4n) is 3.35. The Kier molecular flexibility index (Phi) is 6.62. The monoisotopic (exact) mass is 430 g/mol. The SMILES string of the molecule is COC(=O)c1cccc(-c2cc(Cl)c3c(c2)C[C@H](CNC(=O)[C@H](C)NC(C)=O)O3)c1. The third-order valence-electron chi connectivity index (χ3n) is 4.79. The maximum absolute atomic E-state index is 12.1. The van der Waals surface area contributed by atoms with Gasteiger partial charge in [0, 0.05) is 18.9 Å². The molecule has 0 spiro atoms. The fraction of sp³-hybridized carbons (Fsp3) is 0.318. The molecule has 0 radical (unpaired) electrons. The van der Waals surface area contributed by atoms with Crippen molar-refractivity contribution in [3.05, 3.63) is 52.5 Å². The Hall–Kier alpha value is -3.06. The lowest BCUT2D eigenvalue weighted by Gasteiger charge is -2.16. The predicted molar refractivity (Wildman–Crippen MR) is 113 cm³/mol. The van der Waals surface area contributed by atoms with Crippen LogP contribution in [0.4, 0.5) is 0 Å². The number of fused-ring (bicyclic) bond motifs is 1. The Balaban J connectivity index is 1.71. The first-order chi connectivity index (χ1) is 14.3. The Labute approximate surface area is 179 Å². The van der Waals surface area contributed by atoms with Gasteiger partial charge in [0.05, 0.1) is 24.2 Å². The van der Waals surface area contributed by atoms with Crippen molar-refractivity contribution in [1.82, 2.24) is 10.6 Å². The Morgan fingerprint density at radius 2 is 2.00 bits per heavy atom. The van der Waals surface area contributed by atoms with E-state index >= 15 is 0 Å². The van der Waals surface area contributed by atoms with Gasteiger partial charge >= 0.3 is 5.97 Å². The van der Waals surface area contributed by atoms with Crippen LogP contribution in [0.1, 0.15) is 29.8 Å². The number of amides is 2. The first-order valence-electron chi connectivity index (χ1n) is 9.51. The Morgan fingerprint density at radius 3 is 2.70 bits per heavy atom. The molecule has 8 heteroatoms. The van der Waals surface area contributed by atoms with Crippen molar-refractivity contribution in [3.63, 3.8) is 0 Å². The second-order valence-corrected chi connectivity index (χ2v) is 7.54. The van der Waals surface area contributed by atoms with Crippen LogP contribution in [0.5, 0.6) is 5.75 Å². The number of hydrogen-bond acceptors (Lipinski definition) is 5. The summed E-state index contributed by atoms with van der Waals surface area (Å²) in [5.41, 5.74) is 3.08. The molecule has 0 fully saturated rings. The minimum absolute atomic E-state index is 0.261. The molecule has 30 heavy (non-hydrogen) atoms. The van der Waals surface area contributed by atoms with Gasteiger partial charge in [0.2, 0.25) is 11.8 Å². The van der Waals surface area contributed by atoms with Crippen molar-refractivity contribution in [1.29, 1.82) is 0 Å². The zero-order valence-electron chi connectivity index (χ0n) is 17.0. The maximum atomic E-state index is 12.1. The molecule has 3 rings (SSSR count). The molecule has 158 valence electrons. The normalized spacial score (nSPS) is 15.5. The lowest BCUT2D eigenvalue weighted by atomic mass is 9.99. The van der Waals surface area contributed by atoms with E-state index in [9.17, 15) is 14.4 Å². The third kappa shape index (κ3) is 4.91. The number of benzene rings is 2. The van der Waals surface area contributed by atoms with E-state index in [1.807, 2.05) is 12.1 Å². The van der Waals surface area contributed by atoms with E-state index in [4.69, 9.17) is 21.1 Å². The van der Waals surface area contributed by atoms with Crippen LogP contribution < -0.4 is 15.4 Å². The van der Waals surface area contributed by atoms with E-state index in [1.54, 1.807) is 31.2 Å². The number of halogens is 1. The van der Waals surface area contributed by atoms with E-state index in [0.717, 1.165) is 16.7 Å². The zero-order chi connectivity index (χ0) is 21.8. The number of nitrogens with one attached hydrogen (secondary N) is 2. The first kappa shape index (κ1) is 21.6. The molecule has 2 amide bonds. The number of methoxy groups -OCH3 is 1. The average molecular weight is 431 g/mol. The highest BCUT2D eigenvalue weighted by Gasteiger charge is 2.27. The highest BCUT2D eigenvalue weighted by molar-refractivity contribution is 6.32. The van der Waals surface area contributed by atoms with Crippen molar-refractivity contribution in [3.8, 4) is 16.9 Å². The number of hydrogen-bond donors (Lipinski definition) is 2. The van der Waals surface area contributed by atoms with Crippen molar-refractivity contribution in [2.75, 3.05) is 13.7 Å². The van der Waals surface area contributed by atoms with Crippen LogP contribution in [0.2, 0.25) is 5.02 Å². The molecule has 2 aromatic rings. The number of esters is 1. The van der Waals surface area contributed by atoms with Crippen molar-refractivity contribution >= 4 is 29.4 Å². The van der Waals surface area contributed by atoms with Crippen LogP contribution in [0.25, 0.3) is 11.1 Å². The van der Waals surface area contributed by atoms with E-state index in [-0.39, 0.29) is 17.9 Å². The summed E-state index contributed by atoms with van der Waals surface area (Å²) in [4.78, 5) is 35.0. The number of carbonyl (C=O) groups excluding carboxylic acids is 3. The molecule has 0 saturated heterocycles. The summed E-state index contributed by atoms with van der Waals surface area (Å²) in [5.74, 6) is -0.357. The average Bonchev–Trinajstić information content (AvgIpc) is 3.14. The summed E-state index contributed by atoms with van der Waals surface area (Å²) in [6, 6.07) is 10.3. The highest BCUT2D eigenvalue weighted by Crippen LogP contribution is 2.39. The predicted octanol–water partition coefficient (Wildman–Crippen LogP) is 2.74. The molecule has 1 aliphatic rings. The minimum atomic E-state index is -0.622. The van der Waals surface area contributed by atoms with Gasteiger partial charge in [-0.3, -0.25) is 9.59 Å². The molecular weight excluding hydrogens is 408 g/mol. The maximum Gasteiger partial charge on any atom is 0.337 e. The molecule has 0 bridgehead atoms. The van der Waals surface area contributed by atoms with Gasteiger partial charge in [-0.2, -0.15) is 0 Å². The van der Waals surface area contributed by atoms with Gasteiger partial charge in [-0.05, 0) is 42.3 Å². The molecule has 2 aromatic carbocycles. The molecule has 0 unspecified atom stereocenters. The van der Waals surface area contributed by atoms with Gasteiger partial charge in [-0.1, -0.05) is 23.7 Å². The summed E-state index contributed by atoms with van der Waals surface area (Å²) in [6.07, 6.45) is 0.316. The van der Waals surface area contributed by atoms with Crippen LogP contribution in [0.15, 0.2) is 36.4 Å². The summed E-state index contributed by atoms with van der Waals surface area (Å²) in [7, 11) is 1.34. The minimum Gasteiger partial charge on any atom is -0.486 e. The molecule has 2 atom stereocenters. The van der Waals surface area contributed by atoms with E-state index < -0.39 is 12.0 Å². The number of ether oxygens (including phenoxy) is 2. The summed E-state index contributed by atoms with van der Waals surface area (Å²) in [5, 5.41) is 5.79. The number of carbonyl (C=O) groups is 3. The van der Waals surface area contributed by atoms with Crippen LogP contribution >= 0.6 is 11.6 Å². The standard InChI is InChI=1S/C22H23ClN2O5/c1-12(25-13(2)26)21(27)24-11-18-9-17-8-16(10-19(23)20(17)30-18)14-5-4-6-15(7-14)22(28)29-3/h4-8,10,12,18H,9,11H2,1-3H3,(H,24,27)(H,25,26)/t12-,18+/m0/s1. The van der Waals surface area contributed by atoms with Crippen molar-refractivity contribution < 1.29 is 23.9 Å². The topological polar surface area (TPSA) is 93.7 Å². The van der Waals surface area contributed by atoms with E-state index in [2.05, 4.69) is 10.6 Å². The molecule has 7 nitrogen and oxygen atoms in total. The quantitative estimate of drug-likeness (QED) is 0.687. The second kappa shape index (κ2) is 9.17. The van der Waals surface area contributed by atoms with Crippen molar-refractivity contribution in [2.24, 2.45) is 0 Å². The molecule has 1 aliphatic heterocycles. The summed E-state index contributed by atoms with van der Waals surface area (Å²) in [6.45, 7) is 3.27. The Bertz CT molecular complexity index is 991. The van der Waals surface area contributed by atoms with E-state index in [1.165, 1.54) is 14.0 Å². The molecule has 0 aliphatic carbocycles. The van der Waals surface area contributed by atoms with Crippen LogP contribution in [0, 0.1) is 0 Å². The molecule has 2 N–H and O–H groups in total. The molecule has 0 saturated carbocycles. The summed E-state index contributed by atoms with van der Waals surface area (Å²) < 4.78 is 10.7. The van der Waals surface area contributed by atoms with Gasteiger partial charge in [-0.15, -0.1) is 0 Å². The largest absolute Gasteiger partial charge is 0.486 e. The van der Waals surface area contributed by atoms with Crippen LogP contribution in [-0.4, -0.2) is 43.6 Å². The highest BCUT2D eigenvalue weighted by atomic mass is 35.5. The zero-order valence-corrected chi connectivity index (χ0v) is 17.7. The van der Waals surface area contributed by atoms with Crippen LogP contribution in [0.3, 0.4) is 0 Å². The van der Waals surface area contributed by atoms with Crippen LogP contribution in [-0.2, 0) is 20.7 Å². The smallest absolute Gasteiger partial charge is 0.337 e. The van der Waals surface area contributed by atoms with E-state index in [0.29, 0.717) is 29.3 Å². The van der Waals surface area contributed by atoms with Gasteiger partial charge in [-0.25, -0.2) is 4.79 Å². The lowest BCUT2D eigenvalue weighted by molar-refractivity contribution is -0.127. The lowest BCUT2D eigenvalue weighted by Crippen LogP contribution is -2.46. The van der Waals surface area contributed by atoms with Gasteiger partial charge < -0.3 is 20.1 Å². The third-order valence-corrected chi connectivity index (χ3v) is 5.07. The van der Waals surface area contributed by atoms with Gasteiger partial charge in [0.1, 0.15) is 17.9 Å².